The highest BCUT2D eigenvalue weighted by molar-refractivity contribution is 6.30. The van der Waals surface area contributed by atoms with E-state index in [0.29, 0.717) is 5.92 Å². The van der Waals surface area contributed by atoms with Crippen LogP contribution in [0.5, 0.6) is 0 Å². The lowest BCUT2D eigenvalue weighted by atomic mass is 9.95. The molecule has 3 heterocycles. The van der Waals surface area contributed by atoms with Crippen LogP contribution in [0.1, 0.15) is 41.5 Å². The molecule has 2 aliphatic rings. The molecule has 0 radical (unpaired) electrons. The van der Waals surface area contributed by atoms with Crippen molar-refractivity contribution < 1.29 is 0 Å². The van der Waals surface area contributed by atoms with Crippen LogP contribution in [0.4, 0.5) is 0 Å². The van der Waals surface area contributed by atoms with Crippen molar-refractivity contribution in [1.82, 2.24) is 25.0 Å². The molecule has 0 saturated carbocycles. The Morgan fingerprint density at radius 2 is 2.00 bits per heavy atom. The lowest BCUT2D eigenvalue weighted by Gasteiger charge is -2.32. The van der Waals surface area contributed by atoms with Gasteiger partial charge in [-0.3, -0.25) is 4.90 Å². The third-order valence-corrected chi connectivity index (χ3v) is 5.54. The van der Waals surface area contributed by atoms with Crippen LogP contribution in [-0.2, 0) is 19.6 Å². The number of piperidine rings is 1. The zero-order chi connectivity index (χ0) is 16.5. The lowest BCUT2D eigenvalue weighted by Crippen LogP contribution is -2.34. The first kappa shape index (κ1) is 18.6. The van der Waals surface area contributed by atoms with Gasteiger partial charge in [0.1, 0.15) is 11.6 Å². The number of nitrogens with zero attached hydrogens (tertiary/aromatic N) is 4. The summed E-state index contributed by atoms with van der Waals surface area (Å²) in [5.74, 6) is 2.84. The summed E-state index contributed by atoms with van der Waals surface area (Å²) < 4.78 is 2.33. The molecule has 4 rings (SSSR count). The van der Waals surface area contributed by atoms with Crippen molar-refractivity contribution in [2.45, 2.75) is 45.3 Å². The maximum atomic E-state index is 6.06. The van der Waals surface area contributed by atoms with Crippen molar-refractivity contribution in [3.8, 4) is 0 Å². The fourth-order valence-corrected chi connectivity index (χ4v) is 4.07. The van der Waals surface area contributed by atoms with Crippen molar-refractivity contribution in [2.24, 2.45) is 0 Å². The Morgan fingerprint density at radius 1 is 1.20 bits per heavy atom. The van der Waals surface area contributed by atoms with Gasteiger partial charge in [0.05, 0.1) is 6.54 Å². The van der Waals surface area contributed by atoms with Gasteiger partial charge in [-0.25, -0.2) is 0 Å². The van der Waals surface area contributed by atoms with Crippen LogP contribution in [0.3, 0.4) is 0 Å². The zero-order valence-electron chi connectivity index (χ0n) is 14.5. The minimum absolute atomic E-state index is 0. The van der Waals surface area contributed by atoms with Crippen LogP contribution in [-0.4, -0.2) is 39.3 Å². The molecule has 0 atom stereocenters. The molecular weight excluding hydrogens is 357 g/mol. The molecule has 7 heteroatoms. The molecule has 1 N–H and O–H groups in total. The monoisotopic (exact) mass is 381 g/mol. The molecule has 2 aliphatic heterocycles. The molecule has 0 unspecified atom stereocenters. The first-order chi connectivity index (χ1) is 11.7. The molecule has 1 fully saturated rings. The summed E-state index contributed by atoms with van der Waals surface area (Å²) in [4.78, 5) is 2.54. The van der Waals surface area contributed by atoms with E-state index < -0.39 is 0 Å². The number of benzene rings is 1. The average Bonchev–Trinajstić information content (AvgIpc) is 3.02. The van der Waals surface area contributed by atoms with Crippen molar-refractivity contribution in [3.63, 3.8) is 0 Å². The summed E-state index contributed by atoms with van der Waals surface area (Å²) in [6, 6.07) is 6.21. The summed E-state index contributed by atoms with van der Waals surface area (Å²) in [6.07, 6.45) is 2.33. The third-order valence-electron chi connectivity index (χ3n) is 5.30. The standard InChI is InChI=1S/C18H24ClN5.ClH/c1-13-10-16(19)3-2-15(13)12-23-7-4-14(5-8-23)18-22-21-17-11-20-6-9-24(17)18;/h2-3,10,14,20H,4-9,11-12H2,1H3;1H. The Morgan fingerprint density at radius 3 is 2.76 bits per heavy atom. The van der Waals surface area contributed by atoms with E-state index >= 15 is 0 Å². The van der Waals surface area contributed by atoms with E-state index in [0.717, 1.165) is 63.0 Å². The zero-order valence-corrected chi connectivity index (χ0v) is 16.1. The van der Waals surface area contributed by atoms with Gasteiger partial charge in [-0.05, 0) is 56.1 Å². The summed E-state index contributed by atoms with van der Waals surface area (Å²) in [7, 11) is 0. The first-order valence-corrected chi connectivity index (χ1v) is 9.18. The molecule has 2 aromatic rings. The van der Waals surface area contributed by atoms with E-state index in [1.54, 1.807) is 0 Å². The van der Waals surface area contributed by atoms with E-state index in [1.807, 2.05) is 6.07 Å². The minimum atomic E-state index is 0. The van der Waals surface area contributed by atoms with Gasteiger partial charge in [-0.15, -0.1) is 22.6 Å². The van der Waals surface area contributed by atoms with E-state index in [4.69, 9.17) is 11.6 Å². The molecule has 0 aliphatic carbocycles. The normalized spacial score (nSPS) is 18.6. The molecule has 1 aromatic heterocycles. The van der Waals surface area contributed by atoms with Crippen molar-refractivity contribution in [1.29, 1.82) is 0 Å². The SMILES string of the molecule is Cc1cc(Cl)ccc1CN1CCC(c2nnc3n2CCNC3)CC1.Cl. The smallest absolute Gasteiger partial charge is 0.147 e. The molecule has 25 heavy (non-hydrogen) atoms. The number of aryl methyl sites for hydroxylation is 1. The Bertz CT molecular complexity index is 722. The predicted octanol–water partition coefficient (Wildman–Crippen LogP) is 3.14. The van der Waals surface area contributed by atoms with Gasteiger partial charge in [0.15, 0.2) is 0 Å². The third kappa shape index (κ3) is 4.00. The Labute approximate surface area is 160 Å². The van der Waals surface area contributed by atoms with Crippen LogP contribution in [0.15, 0.2) is 18.2 Å². The largest absolute Gasteiger partial charge is 0.312 e. The van der Waals surface area contributed by atoms with Crippen LogP contribution in [0, 0.1) is 6.92 Å². The first-order valence-electron chi connectivity index (χ1n) is 8.81. The number of rotatable bonds is 3. The summed E-state index contributed by atoms with van der Waals surface area (Å²) in [5.41, 5.74) is 2.66. The van der Waals surface area contributed by atoms with Crippen molar-refractivity contribution in [3.05, 3.63) is 46.0 Å². The fraction of sp³-hybridized carbons (Fsp3) is 0.556. The highest BCUT2D eigenvalue weighted by Gasteiger charge is 2.27. The van der Waals surface area contributed by atoms with Gasteiger partial charge in [0.25, 0.3) is 0 Å². The van der Waals surface area contributed by atoms with E-state index in [-0.39, 0.29) is 12.4 Å². The molecule has 1 saturated heterocycles. The number of nitrogens with one attached hydrogen (secondary N) is 1. The van der Waals surface area contributed by atoms with Crippen molar-refractivity contribution >= 4 is 24.0 Å². The van der Waals surface area contributed by atoms with E-state index in [1.165, 1.54) is 17.0 Å². The minimum Gasteiger partial charge on any atom is -0.312 e. The Hall–Kier alpha value is -1.14. The van der Waals surface area contributed by atoms with Gasteiger partial charge >= 0.3 is 0 Å². The van der Waals surface area contributed by atoms with Crippen molar-refractivity contribution in [2.75, 3.05) is 19.6 Å². The number of fused-ring (bicyclic) bond motifs is 1. The maximum Gasteiger partial charge on any atom is 0.147 e. The summed E-state index contributed by atoms with van der Waals surface area (Å²) in [6.45, 7) is 8.26. The summed E-state index contributed by atoms with van der Waals surface area (Å²) >= 11 is 6.06. The second-order valence-corrected chi connectivity index (χ2v) is 7.36. The second kappa shape index (κ2) is 8.04. The lowest BCUT2D eigenvalue weighted by molar-refractivity contribution is 0.199. The van der Waals surface area contributed by atoms with Crippen LogP contribution >= 0.6 is 24.0 Å². The van der Waals surface area contributed by atoms with Gasteiger partial charge < -0.3 is 9.88 Å². The average molecular weight is 382 g/mol. The number of hydrogen-bond donors (Lipinski definition) is 1. The van der Waals surface area contributed by atoms with Crippen LogP contribution in [0.25, 0.3) is 0 Å². The van der Waals surface area contributed by atoms with Crippen LogP contribution < -0.4 is 5.32 Å². The molecule has 0 spiro atoms. The molecular formula is C18H25Cl2N5. The van der Waals surface area contributed by atoms with Crippen LogP contribution in [0.2, 0.25) is 5.02 Å². The highest BCUT2D eigenvalue weighted by Crippen LogP contribution is 2.29. The topological polar surface area (TPSA) is 46.0 Å². The Balaban J connectivity index is 0.00000182. The maximum absolute atomic E-state index is 6.06. The van der Waals surface area contributed by atoms with Gasteiger partial charge in [-0.1, -0.05) is 17.7 Å². The number of hydrogen-bond acceptors (Lipinski definition) is 4. The molecule has 5 nitrogen and oxygen atoms in total. The quantitative estimate of drug-likeness (QED) is 0.886. The van der Waals surface area contributed by atoms with Gasteiger partial charge in [0.2, 0.25) is 0 Å². The number of halogens is 2. The highest BCUT2D eigenvalue weighted by atomic mass is 35.5. The molecule has 0 bridgehead atoms. The van der Waals surface area contributed by atoms with E-state index in [2.05, 4.69) is 44.0 Å². The number of aromatic nitrogens is 3. The number of likely N-dealkylation sites (tertiary alicyclic amines) is 1. The fourth-order valence-electron chi connectivity index (χ4n) is 3.84. The molecule has 136 valence electrons. The molecule has 0 amide bonds. The van der Waals surface area contributed by atoms with Gasteiger partial charge in [0, 0.05) is 30.6 Å². The predicted molar refractivity (Wildman–Crippen MR) is 102 cm³/mol. The second-order valence-electron chi connectivity index (χ2n) is 6.92. The van der Waals surface area contributed by atoms with E-state index in [9.17, 15) is 0 Å². The summed E-state index contributed by atoms with van der Waals surface area (Å²) in [5, 5.41) is 13.0. The van der Waals surface area contributed by atoms with Gasteiger partial charge in [-0.2, -0.15) is 0 Å². The Kier molecular flexibility index (Phi) is 6.00. The molecule has 1 aromatic carbocycles.